The SMILES string of the molecule is CCNc1nc(C)nc2c(C)c(C(=O)OCC)c(C)cc12. The topological polar surface area (TPSA) is 64.1 Å². The number of anilines is 1. The van der Waals surface area contributed by atoms with Gasteiger partial charge in [0.05, 0.1) is 17.7 Å². The smallest absolute Gasteiger partial charge is 0.338 e. The molecule has 5 nitrogen and oxygen atoms in total. The maximum absolute atomic E-state index is 12.1. The number of aromatic nitrogens is 2. The molecule has 1 aromatic carbocycles. The summed E-state index contributed by atoms with van der Waals surface area (Å²) in [6.07, 6.45) is 0. The zero-order valence-corrected chi connectivity index (χ0v) is 13.2. The monoisotopic (exact) mass is 287 g/mol. The summed E-state index contributed by atoms with van der Waals surface area (Å²) in [5, 5.41) is 4.19. The summed E-state index contributed by atoms with van der Waals surface area (Å²) >= 11 is 0. The van der Waals surface area contributed by atoms with Crippen LogP contribution in [0.25, 0.3) is 10.9 Å². The molecule has 0 amide bonds. The summed E-state index contributed by atoms with van der Waals surface area (Å²) in [5.74, 6) is 1.19. The van der Waals surface area contributed by atoms with Crippen molar-refractivity contribution in [3.8, 4) is 0 Å². The van der Waals surface area contributed by atoms with Gasteiger partial charge in [-0.2, -0.15) is 0 Å². The predicted molar refractivity (Wildman–Crippen MR) is 83.9 cm³/mol. The molecule has 0 aliphatic heterocycles. The van der Waals surface area contributed by atoms with Gasteiger partial charge in [0.15, 0.2) is 0 Å². The number of hydrogen-bond donors (Lipinski definition) is 1. The van der Waals surface area contributed by atoms with Crippen LogP contribution in [-0.2, 0) is 4.74 Å². The van der Waals surface area contributed by atoms with E-state index in [0.717, 1.165) is 34.4 Å². The third-order valence-corrected chi connectivity index (χ3v) is 3.37. The molecule has 0 spiro atoms. The molecule has 0 aliphatic rings. The van der Waals surface area contributed by atoms with E-state index in [1.807, 2.05) is 33.8 Å². The van der Waals surface area contributed by atoms with Gasteiger partial charge in [-0.1, -0.05) is 0 Å². The number of nitrogens with zero attached hydrogens (tertiary/aromatic N) is 2. The Bertz CT molecular complexity index is 696. The normalized spacial score (nSPS) is 10.7. The minimum atomic E-state index is -0.296. The number of nitrogens with one attached hydrogen (secondary N) is 1. The lowest BCUT2D eigenvalue weighted by molar-refractivity contribution is 0.0525. The summed E-state index contributed by atoms with van der Waals surface area (Å²) in [4.78, 5) is 21.1. The molecule has 2 rings (SSSR count). The molecule has 0 radical (unpaired) electrons. The number of rotatable bonds is 4. The Balaban J connectivity index is 2.74. The van der Waals surface area contributed by atoms with Crippen LogP contribution in [0.15, 0.2) is 6.07 Å². The second-order valence-electron chi connectivity index (χ2n) is 4.96. The molecule has 1 aromatic heterocycles. The van der Waals surface area contributed by atoms with Crippen LogP contribution >= 0.6 is 0 Å². The van der Waals surface area contributed by atoms with Gasteiger partial charge in [0, 0.05) is 11.9 Å². The Morgan fingerprint density at radius 1 is 1.24 bits per heavy atom. The minimum absolute atomic E-state index is 0.296. The number of esters is 1. The van der Waals surface area contributed by atoms with Gasteiger partial charge >= 0.3 is 5.97 Å². The number of benzene rings is 1. The Morgan fingerprint density at radius 2 is 1.95 bits per heavy atom. The van der Waals surface area contributed by atoms with Crippen molar-refractivity contribution >= 4 is 22.7 Å². The van der Waals surface area contributed by atoms with Gasteiger partial charge in [-0.15, -0.1) is 0 Å². The summed E-state index contributed by atoms with van der Waals surface area (Å²) < 4.78 is 5.15. The lowest BCUT2D eigenvalue weighted by Gasteiger charge is -2.14. The summed E-state index contributed by atoms with van der Waals surface area (Å²) in [7, 11) is 0. The average Bonchev–Trinajstić information content (AvgIpc) is 2.41. The minimum Gasteiger partial charge on any atom is -0.462 e. The van der Waals surface area contributed by atoms with Crippen LogP contribution in [0.4, 0.5) is 5.82 Å². The Morgan fingerprint density at radius 3 is 2.57 bits per heavy atom. The van der Waals surface area contributed by atoms with Gasteiger partial charge in [0.1, 0.15) is 11.6 Å². The van der Waals surface area contributed by atoms with Gasteiger partial charge in [0.25, 0.3) is 0 Å². The number of hydrogen-bond acceptors (Lipinski definition) is 5. The molecule has 2 aromatic rings. The highest BCUT2D eigenvalue weighted by atomic mass is 16.5. The maximum atomic E-state index is 12.1. The highest BCUT2D eigenvalue weighted by Crippen LogP contribution is 2.28. The molecule has 5 heteroatoms. The van der Waals surface area contributed by atoms with E-state index < -0.39 is 0 Å². The highest BCUT2D eigenvalue weighted by Gasteiger charge is 2.19. The van der Waals surface area contributed by atoms with E-state index in [-0.39, 0.29) is 5.97 Å². The quantitative estimate of drug-likeness (QED) is 0.875. The molecule has 1 N–H and O–H groups in total. The van der Waals surface area contributed by atoms with E-state index in [9.17, 15) is 4.79 Å². The van der Waals surface area contributed by atoms with Crippen LogP contribution in [0.5, 0.6) is 0 Å². The molecule has 0 fully saturated rings. The van der Waals surface area contributed by atoms with Gasteiger partial charge in [-0.05, 0) is 51.8 Å². The second-order valence-corrected chi connectivity index (χ2v) is 4.96. The van der Waals surface area contributed by atoms with E-state index >= 15 is 0 Å². The molecule has 1 heterocycles. The molecule has 0 atom stereocenters. The number of ether oxygens (including phenoxy) is 1. The third-order valence-electron chi connectivity index (χ3n) is 3.37. The molecule has 0 bridgehead atoms. The Labute approximate surface area is 124 Å². The number of carbonyl (C=O) groups is 1. The average molecular weight is 287 g/mol. The first-order valence-corrected chi connectivity index (χ1v) is 7.19. The third kappa shape index (κ3) is 2.82. The standard InChI is InChI=1S/C16H21N3O2/c1-6-17-15-12-8-9(3)13(16(20)21-7-2)10(4)14(12)18-11(5)19-15/h8H,6-7H2,1-5H3,(H,17,18,19). The van der Waals surface area contributed by atoms with Crippen molar-refractivity contribution in [1.29, 1.82) is 0 Å². The number of fused-ring (bicyclic) bond motifs is 1. The van der Waals surface area contributed by atoms with Crippen LogP contribution < -0.4 is 5.32 Å². The van der Waals surface area contributed by atoms with Crippen LogP contribution in [0.3, 0.4) is 0 Å². The van der Waals surface area contributed by atoms with Crippen molar-refractivity contribution in [2.24, 2.45) is 0 Å². The van der Waals surface area contributed by atoms with Crippen molar-refractivity contribution in [2.75, 3.05) is 18.5 Å². The Kier molecular flexibility index (Phi) is 4.40. The number of carbonyl (C=O) groups excluding carboxylic acids is 1. The van der Waals surface area contributed by atoms with Gasteiger partial charge in [0.2, 0.25) is 0 Å². The predicted octanol–water partition coefficient (Wildman–Crippen LogP) is 3.16. The maximum Gasteiger partial charge on any atom is 0.338 e. The molecule has 112 valence electrons. The molecular weight excluding hydrogens is 266 g/mol. The van der Waals surface area contributed by atoms with Crippen molar-refractivity contribution in [1.82, 2.24) is 9.97 Å². The lowest BCUT2D eigenvalue weighted by Crippen LogP contribution is -2.11. The van der Waals surface area contributed by atoms with Crippen molar-refractivity contribution in [3.63, 3.8) is 0 Å². The molecule has 0 saturated carbocycles. The Hall–Kier alpha value is -2.17. The number of aryl methyl sites for hydroxylation is 3. The molecule has 0 saturated heterocycles. The van der Waals surface area contributed by atoms with Crippen LogP contribution in [-0.4, -0.2) is 29.1 Å². The summed E-state index contributed by atoms with van der Waals surface area (Å²) in [6.45, 7) is 10.6. The molecule has 0 aliphatic carbocycles. The first-order valence-electron chi connectivity index (χ1n) is 7.19. The van der Waals surface area contributed by atoms with Crippen molar-refractivity contribution < 1.29 is 9.53 Å². The lowest BCUT2D eigenvalue weighted by atomic mass is 9.99. The summed E-state index contributed by atoms with van der Waals surface area (Å²) in [6, 6.07) is 1.95. The van der Waals surface area contributed by atoms with E-state index in [2.05, 4.69) is 15.3 Å². The van der Waals surface area contributed by atoms with E-state index in [1.54, 1.807) is 6.92 Å². The fourth-order valence-electron chi connectivity index (χ4n) is 2.53. The van der Waals surface area contributed by atoms with Crippen LogP contribution in [0.1, 0.15) is 41.2 Å². The molecule has 0 unspecified atom stereocenters. The molecule has 21 heavy (non-hydrogen) atoms. The fraction of sp³-hybridized carbons (Fsp3) is 0.438. The molecular formula is C16H21N3O2. The zero-order valence-electron chi connectivity index (χ0n) is 13.2. The summed E-state index contributed by atoms with van der Waals surface area (Å²) in [5.41, 5.74) is 3.12. The largest absolute Gasteiger partial charge is 0.462 e. The zero-order chi connectivity index (χ0) is 15.6. The van der Waals surface area contributed by atoms with E-state index in [0.29, 0.717) is 18.0 Å². The van der Waals surface area contributed by atoms with Gasteiger partial charge in [-0.25, -0.2) is 14.8 Å². The van der Waals surface area contributed by atoms with Crippen LogP contribution in [0.2, 0.25) is 0 Å². The van der Waals surface area contributed by atoms with E-state index in [4.69, 9.17) is 4.74 Å². The second kappa shape index (κ2) is 6.08. The fourth-order valence-corrected chi connectivity index (χ4v) is 2.53. The van der Waals surface area contributed by atoms with Gasteiger partial charge < -0.3 is 10.1 Å². The van der Waals surface area contributed by atoms with E-state index in [1.165, 1.54) is 0 Å². The first kappa shape index (κ1) is 15.2. The van der Waals surface area contributed by atoms with Crippen molar-refractivity contribution in [3.05, 3.63) is 28.6 Å². The van der Waals surface area contributed by atoms with Crippen LogP contribution in [0, 0.1) is 20.8 Å². The highest BCUT2D eigenvalue weighted by molar-refractivity contribution is 6.01. The first-order chi connectivity index (χ1) is 9.99. The van der Waals surface area contributed by atoms with Gasteiger partial charge in [-0.3, -0.25) is 0 Å². The van der Waals surface area contributed by atoms with Crippen molar-refractivity contribution in [2.45, 2.75) is 34.6 Å².